The maximum atomic E-state index is 12.2. The summed E-state index contributed by atoms with van der Waals surface area (Å²) in [5, 5.41) is 7.38. The van der Waals surface area contributed by atoms with Gasteiger partial charge in [0.25, 0.3) is 5.91 Å². The number of amides is 1. The lowest BCUT2D eigenvalue weighted by Crippen LogP contribution is -2.45. The Morgan fingerprint density at radius 1 is 1.33 bits per heavy atom. The molecule has 1 atom stereocenters. The summed E-state index contributed by atoms with van der Waals surface area (Å²) in [5.41, 5.74) is 1.74. The van der Waals surface area contributed by atoms with E-state index in [9.17, 15) is 4.79 Å². The molecule has 1 aliphatic rings. The number of aromatic amines is 1. The van der Waals surface area contributed by atoms with Gasteiger partial charge in [0, 0.05) is 29.7 Å². The van der Waals surface area contributed by atoms with Crippen LogP contribution in [0.2, 0.25) is 0 Å². The summed E-state index contributed by atoms with van der Waals surface area (Å²) in [5.74, 6) is 0.0150. The number of hydrogen-bond donors (Lipinski definition) is 3. The summed E-state index contributed by atoms with van der Waals surface area (Å²) in [7, 11) is 0. The quantitative estimate of drug-likeness (QED) is 0.751. The molecule has 3 N–H and O–H groups in total. The molecule has 1 aromatic carbocycles. The van der Waals surface area contributed by atoms with Crippen molar-refractivity contribution >= 4 is 16.8 Å². The van der Waals surface area contributed by atoms with Crippen LogP contribution >= 0.6 is 0 Å². The third-order valence-electron chi connectivity index (χ3n) is 3.47. The lowest BCUT2D eigenvalue weighted by Gasteiger charge is -2.23. The summed E-state index contributed by atoms with van der Waals surface area (Å²) >= 11 is 0. The normalized spacial score (nSPS) is 19.9. The Balaban J connectivity index is 1.79. The molecule has 18 heavy (non-hydrogen) atoms. The van der Waals surface area contributed by atoms with E-state index < -0.39 is 0 Å². The SMILES string of the molecule is O=C(NC1CCCNC1)c1c[nH]c2ccccc12. The summed E-state index contributed by atoms with van der Waals surface area (Å²) in [6.07, 6.45) is 3.97. The molecule has 1 saturated heterocycles. The van der Waals surface area contributed by atoms with Crippen LogP contribution in [0, 0.1) is 0 Å². The topological polar surface area (TPSA) is 56.9 Å². The van der Waals surface area contributed by atoms with E-state index in [-0.39, 0.29) is 11.9 Å². The largest absolute Gasteiger partial charge is 0.360 e. The number of rotatable bonds is 2. The number of carbonyl (C=O) groups is 1. The molecule has 2 aromatic rings. The number of piperidine rings is 1. The van der Waals surface area contributed by atoms with Crippen molar-refractivity contribution in [3.63, 3.8) is 0 Å². The van der Waals surface area contributed by atoms with Crippen molar-refractivity contribution in [1.82, 2.24) is 15.6 Å². The first kappa shape index (κ1) is 11.3. The number of aromatic nitrogens is 1. The molecule has 4 heteroatoms. The van der Waals surface area contributed by atoms with Gasteiger partial charge in [-0.2, -0.15) is 0 Å². The molecule has 0 saturated carbocycles. The van der Waals surface area contributed by atoms with E-state index in [4.69, 9.17) is 0 Å². The molecule has 0 spiro atoms. The van der Waals surface area contributed by atoms with Crippen LogP contribution in [0.25, 0.3) is 10.9 Å². The number of hydrogen-bond acceptors (Lipinski definition) is 2. The molecule has 3 rings (SSSR count). The molecule has 0 aliphatic carbocycles. The highest BCUT2D eigenvalue weighted by atomic mass is 16.1. The standard InChI is InChI=1S/C14H17N3O/c18-14(17-10-4-3-7-15-8-10)12-9-16-13-6-2-1-5-11(12)13/h1-2,5-6,9-10,15-16H,3-4,7-8H2,(H,17,18). The zero-order valence-electron chi connectivity index (χ0n) is 10.2. The molecule has 0 bridgehead atoms. The highest BCUT2D eigenvalue weighted by Gasteiger charge is 2.18. The van der Waals surface area contributed by atoms with Gasteiger partial charge in [-0.3, -0.25) is 4.79 Å². The van der Waals surface area contributed by atoms with Crippen molar-refractivity contribution in [3.05, 3.63) is 36.0 Å². The first-order valence-electron chi connectivity index (χ1n) is 6.42. The summed E-state index contributed by atoms with van der Waals surface area (Å²) in [4.78, 5) is 15.4. The molecule has 1 aromatic heterocycles. The fourth-order valence-electron chi connectivity index (χ4n) is 2.50. The molecule has 1 unspecified atom stereocenters. The van der Waals surface area contributed by atoms with Gasteiger partial charge < -0.3 is 15.6 Å². The Labute approximate surface area is 106 Å². The van der Waals surface area contributed by atoms with Crippen LogP contribution in [-0.4, -0.2) is 30.0 Å². The predicted octanol–water partition coefficient (Wildman–Crippen LogP) is 1.65. The number of carbonyl (C=O) groups excluding carboxylic acids is 1. The second kappa shape index (κ2) is 4.82. The first-order chi connectivity index (χ1) is 8.84. The first-order valence-corrected chi connectivity index (χ1v) is 6.42. The third-order valence-corrected chi connectivity index (χ3v) is 3.47. The summed E-state index contributed by atoms with van der Waals surface area (Å²) < 4.78 is 0. The van der Waals surface area contributed by atoms with Gasteiger partial charge in [0.2, 0.25) is 0 Å². The second-order valence-electron chi connectivity index (χ2n) is 4.76. The zero-order valence-corrected chi connectivity index (χ0v) is 10.2. The van der Waals surface area contributed by atoms with Crippen molar-refractivity contribution in [1.29, 1.82) is 0 Å². The Morgan fingerprint density at radius 2 is 2.22 bits per heavy atom. The van der Waals surface area contributed by atoms with E-state index in [1.807, 2.05) is 24.3 Å². The second-order valence-corrected chi connectivity index (χ2v) is 4.76. The fourth-order valence-corrected chi connectivity index (χ4v) is 2.50. The minimum atomic E-state index is 0.0150. The minimum absolute atomic E-state index is 0.0150. The molecule has 1 amide bonds. The van der Waals surface area contributed by atoms with Crippen LogP contribution in [0.1, 0.15) is 23.2 Å². The molecule has 1 aliphatic heterocycles. The van der Waals surface area contributed by atoms with E-state index in [0.29, 0.717) is 0 Å². The van der Waals surface area contributed by atoms with Gasteiger partial charge in [-0.05, 0) is 25.5 Å². The van der Waals surface area contributed by atoms with Crippen LogP contribution < -0.4 is 10.6 Å². The van der Waals surface area contributed by atoms with Gasteiger partial charge in [0.15, 0.2) is 0 Å². The van der Waals surface area contributed by atoms with Gasteiger partial charge in [-0.15, -0.1) is 0 Å². The van der Waals surface area contributed by atoms with Crippen molar-refractivity contribution in [3.8, 4) is 0 Å². The van der Waals surface area contributed by atoms with Gasteiger partial charge >= 0.3 is 0 Å². The van der Waals surface area contributed by atoms with Crippen LogP contribution in [0.3, 0.4) is 0 Å². The summed E-state index contributed by atoms with van der Waals surface area (Å²) in [6, 6.07) is 8.12. The Bertz CT molecular complexity index is 555. The lowest BCUT2D eigenvalue weighted by molar-refractivity contribution is 0.0932. The Morgan fingerprint density at radius 3 is 3.06 bits per heavy atom. The monoisotopic (exact) mass is 243 g/mol. The van der Waals surface area contributed by atoms with Crippen molar-refractivity contribution in [2.24, 2.45) is 0 Å². The zero-order chi connectivity index (χ0) is 12.4. The van der Waals surface area contributed by atoms with E-state index in [1.54, 1.807) is 6.20 Å². The van der Waals surface area contributed by atoms with Crippen LogP contribution in [0.15, 0.2) is 30.5 Å². The predicted molar refractivity (Wildman–Crippen MR) is 71.7 cm³/mol. The number of benzene rings is 1. The van der Waals surface area contributed by atoms with Crippen molar-refractivity contribution in [2.45, 2.75) is 18.9 Å². The molecule has 0 radical (unpaired) electrons. The minimum Gasteiger partial charge on any atom is -0.360 e. The molecule has 4 nitrogen and oxygen atoms in total. The maximum Gasteiger partial charge on any atom is 0.253 e. The smallest absolute Gasteiger partial charge is 0.253 e. The number of fused-ring (bicyclic) bond motifs is 1. The number of nitrogens with one attached hydrogen (secondary N) is 3. The van der Waals surface area contributed by atoms with Gasteiger partial charge in [0.05, 0.1) is 5.56 Å². The third kappa shape index (κ3) is 2.11. The van der Waals surface area contributed by atoms with Crippen molar-refractivity contribution < 1.29 is 4.79 Å². The Kier molecular flexibility index (Phi) is 3.02. The fraction of sp³-hybridized carbons (Fsp3) is 0.357. The van der Waals surface area contributed by atoms with Gasteiger partial charge in [0.1, 0.15) is 0 Å². The average Bonchev–Trinajstić information content (AvgIpc) is 2.84. The van der Waals surface area contributed by atoms with Crippen LogP contribution in [-0.2, 0) is 0 Å². The van der Waals surface area contributed by atoms with E-state index in [1.165, 1.54) is 0 Å². The van der Waals surface area contributed by atoms with E-state index in [2.05, 4.69) is 15.6 Å². The number of H-pyrrole nitrogens is 1. The van der Waals surface area contributed by atoms with Gasteiger partial charge in [-0.25, -0.2) is 0 Å². The highest BCUT2D eigenvalue weighted by Crippen LogP contribution is 2.17. The lowest BCUT2D eigenvalue weighted by atomic mass is 10.1. The average molecular weight is 243 g/mol. The maximum absolute atomic E-state index is 12.2. The molecule has 1 fully saturated rings. The molecular weight excluding hydrogens is 226 g/mol. The van der Waals surface area contributed by atoms with E-state index >= 15 is 0 Å². The van der Waals surface area contributed by atoms with Crippen LogP contribution in [0.5, 0.6) is 0 Å². The molecular formula is C14H17N3O. The van der Waals surface area contributed by atoms with Crippen LogP contribution in [0.4, 0.5) is 0 Å². The van der Waals surface area contributed by atoms with Gasteiger partial charge in [-0.1, -0.05) is 18.2 Å². The van der Waals surface area contributed by atoms with E-state index in [0.717, 1.165) is 42.4 Å². The van der Waals surface area contributed by atoms with Crippen molar-refractivity contribution in [2.75, 3.05) is 13.1 Å². The summed E-state index contributed by atoms with van der Waals surface area (Å²) in [6.45, 7) is 1.92. The number of para-hydroxylation sites is 1. The molecule has 94 valence electrons. The Hall–Kier alpha value is -1.81. The molecule has 2 heterocycles. The highest BCUT2D eigenvalue weighted by molar-refractivity contribution is 6.06.